The van der Waals surface area contributed by atoms with Gasteiger partial charge < -0.3 is 10.6 Å². The van der Waals surface area contributed by atoms with E-state index in [1.54, 1.807) is 0 Å². The van der Waals surface area contributed by atoms with Crippen molar-refractivity contribution in [1.82, 2.24) is 4.90 Å². The molecule has 3 rings (SSSR count). The molecule has 3 atom stereocenters. The van der Waals surface area contributed by atoms with Gasteiger partial charge in [0.25, 0.3) is 0 Å². The second-order valence-corrected chi connectivity index (χ2v) is 6.84. The highest BCUT2D eigenvalue weighted by molar-refractivity contribution is 5.86. The van der Waals surface area contributed by atoms with Gasteiger partial charge in [0.15, 0.2) is 0 Å². The van der Waals surface area contributed by atoms with Crippen molar-refractivity contribution < 1.29 is 0 Å². The predicted molar refractivity (Wildman–Crippen MR) is 90.3 cm³/mol. The number of nitrogens with two attached hydrogens (primary N) is 1. The first-order valence-electron chi connectivity index (χ1n) is 8.09. The number of benzene rings is 2. The Hall–Kier alpha value is -1.38. The molecule has 1 aliphatic heterocycles. The fourth-order valence-corrected chi connectivity index (χ4v) is 3.89. The van der Waals surface area contributed by atoms with Gasteiger partial charge in [-0.25, -0.2) is 0 Å². The fraction of sp³-hybridized carbons (Fsp3) is 0.474. The number of nitrogens with zero attached hydrogens (tertiary/aromatic N) is 1. The van der Waals surface area contributed by atoms with Crippen molar-refractivity contribution in [2.75, 3.05) is 19.6 Å². The summed E-state index contributed by atoms with van der Waals surface area (Å²) in [7, 11) is 0. The third-order valence-electron chi connectivity index (χ3n) is 4.62. The molecule has 0 radical (unpaired) electrons. The molecule has 2 heteroatoms. The Morgan fingerprint density at radius 3 is 2.48 bits per heavy atom. The molecule has 0 bridgehead atoms. The highest BCUT2D eigenvalue weighted by Gasteiger charge is 2.23. The van der Waals surface area contributed by atoms with Crippen LogP contribution in [0.5, 0.6) is 0 Å². The third kappa shape index (κ3) is 3.28. The largest absolute Gasteiger partial charge is 0.323 e. The Labute approximate surface area is 127 Å². The summed E-state index contributed by atoms with van der Waals surface area (Å²) in [5.74, 6) is 1.57. The lowest BCUT2D eigenvalue weighted by molar-refractivity contribution is 0.134. The van der Waals surface area contributed by atoms with Gasteiger partial charge in [0, 0.05) is 25.7 Å². The summed E-state index contributed by atoms with van der Waals surface area (Å²) in [5.41, 5.74) is 7.82. The molecule has 21 heavy (non-hydrogen) atoms. The normalized spacial score (nSPS) is 25.1. The summed E-state index contributed by atoms with van der Waals surface area (Å²) in [4.78, 5) is 2.55. The Kier molecular flexibility index (Phi) is 4.27. The Balaban J connectivity index is 1.79. The van der Waals surface area contributed by atoms with Crippen LogP contribution in [0.15, 0.2) is 42.5 Å². The van der Waals surface area contributed by atoms with Crippen molar-refractivity contribution >= 4 is 10.8 Å². The standard InChI is InChI=1S/C19H26N2/c1-14-10-15(2)12-21(11-14)13-19(20)18-9-5-7-16-6-3-4-8-17(16)18/h3-9,14-15,19H,10-13,20H2,1-2H3. The summed E-state index contributed by atoms with van der Waals surface area (Å²) >= 11 is 0. The minimum Gasteiger partial charge on any atom is -0.323 e. The van der Waals surface area contributed by atoms with Crippen LogP contribution in [0.25, 0.3) is 10.8 Å². The van der Waals surface area contributed by atoms with Gasteiger partial charge >= 0.3 is 0 Å². The summed E-state index contributed by atoms with van der Waals surface area (Å²) in [5, 5.41) is 2.58. The van der Waals surface area contributed by atoms with Gasteiger partial charge in [0.05, 0.1) is 0 Å². The molecule has 2 N–H and O–H groups in total. The molecule has 1 aliphatic rings. The molecular weight excluding hydrogens is 256 g/mol. The smallest absolute Gasteiger partial charge is 0.0430 e. The lowest BCUT2D eigenvalue weighted by atomic mass is 9.91. The van der Waals surface area contributed by atoms with Crippen LogP contribution >= 0.6 is 0 Å². The first-order valence-corrected chi connectivity index (χ1v) is 8.09. The van der Waals surface area contributed by atoms with E-state index in [0.717, 1.165) is 18.4 Å². The van der Waals surface area contributed by atoms with Crippen LogP contribution in [0.3, 0.4) is 0 Å². The fourth-order valence-electron chi connectivity index (χ4n) is 3.89. The molecule has 1 fully saturated rings. The number of hydrogen-bond acceptors (Lipinski definition) is 2. The lowest BCUT2D eigenvalue weighted by Gasteiger charge is -2.36. The summed E-state index contributed by atoms with van der Waals surface area (Å²) in [6.07, 6.45) is 1.35. The second kappa shape index (κ2) is 6.17. The zero-order chi connectivity index (χ0) is 14.8. The van der Waals surface area contributed by atoms with Gasteiger partial charge in [-0.2, -0.15) is 0 Å². The molecular formula is C19H26N2. The SMILES string of the molecule is CC1CC(C)CN(CC(N)c2cccc3ccccc23)C1. The molecule has 2 nitrogen and oxygen atoms in total. The molecule has 112 valence electrons. The van der Waals surface area contributed by atoms with Crippen LogP contribution in [0.2, 0.25) is 0 Å². The molecule has 0 amide bonds. The summed E-state index contributed by atoms with van der Waals surface area (Å²) in [6, 6.07) is 15.1. The van der Waals surface area contributed by atoms with E-state index >= 15 is 0 Å². The van der Waals surface area contributed by atoms with Crippen molar-refractivity contribution in [3.05, 3.63) is 48.0 Å². The second-order valence-electron chi connectivity index (χ2n) is 6.84. The first kappa shape index (κ1) is 14.6. The van der Waals surface area contributed by atoms with Crippen LogP contribution in [-0.4, -0.2) is 24.5 Å². The highest BCUT2D eigenvalue weighted by Crippen LogP contribution is 2.26. The Morgan fingerprint density at radius 1 is 1.05 bits per heavy atom. The monoisotopic (exact) mass is 282 g/mol. The van der Waals surface area contributed by atoms with Crippen LogP contribution in [0, 0.1) is 11.8 Å². The Morgan fingerprint density at radius 2 is 1.71 bits per heavy atom. The van der Waals surface area contributed by atoms with E-state index in [9.17, 15) is 0 Å². The quantitative estimate of drug-likeness (QED) is 0.927. The number of rotatable bonds is 3. The van der Waals surface area contributed by atoms with Crippen LogP contribution in [0.1, 0.15) is 31.9 Å². The number of hydrogen-bond donors (Lipinski definition) is 1. The number of likely N-dealkylation sites (tertiary alicyclic amines) is 1. The van der Waals surface area contributed by atoms with E-state index in [1.807, 2.05) is 0 Å². The summed E-state index contributed by atoms with van der Waals surface area (Å²) < 4.78 is 0. The van der Waals surface area contributed by atoms with Gasteiger partial charge in [-0.15, -0.1) is 0 Å². The van der Waals surface area contributed by atoms with Gasteiger partial charge in [-0.3, -0.25) is 0 Å². The average Bonchev–Trinajstić information content (AvgIpc) is 2.45. The molecule has 1 saturated heterocycles. The molecule has 3 unspecified atom stereocenters. The average molecular weight is 282 g/mol. The van der Waals surface area contributed by atoms with E-state index in [1.165, 1.54) is 35.8 Å². The summed E-state index contributed by atoms with van der Waals surface area (Å²) in [6.45, 7) is 8.03. The zero-order valence-corrected chi connectivity index (χ0v) is 13.1. The van der Waals surface area contributed by atoms with E-state index in [2.05, 4.69) is 61.2 Å². The van der Waals surface area contributed by atoms with Crippen LogP contribution in [-0.2, 0) is 0 Å². The number of fused-ring (bicyclic) bond motifs is 1. The van der Waals surface area contributed by atoms with Crippen molar-refractivity contribution in [3.8, 4) is 0 Å². The maximum Gasteiger partial charge on any atom is 0.0430 e. The maximum absolute atomic E-state index is 6.54. The van der Waals surface area contributed by atoms with Crippen molar-refractivity contribution in [3.63, 3.8) is 0 Å². The van der Waals surface area contributed by atoms with E-state index in [0.29, 0.717) is 0 Å². The van der Waals surface area contributed by atoms with Gasteiger partial charge in [0.2, 0.25) is 0 Å². The molecule has 0 saturated carbocycles. The molecule has 0 spiro atoms. The lowest BCUT2D eigenvalue weighted by Crippen LogP contribution is -2.42. The minimum atomic E-state index is 0.0913. The van der Waals surface area contributed by atoms with Crippen molar-refractivity contribution in [1.29, 1.82) is 0 Å². The van der Waals surface area contributed by atoms with Crippen molar-refractivity contribution in [2.45, 2.75) is 26.3 Å². The number of piperidine rings is 1. The topological polar surface area (TPSA) is 29.3 Å². The predicted octanol–water partition coefficient (Wildman–Crippen LogP) is 3.82. The van der Waals surface area contributed by atoms with E-state index in [-0.39, 0.29) is 6.04 Å². The van der Waals surface area contributed by atoms with E-state index in [4.69, 9.17) is 5.73 Å². The minimum absolute atomic E-state index is 0.0913. The third-order valence-corrected chi connectivity index (χ3v) is 4.62. The van der Waals surface area contributed by atoms with Gasteiger partial charge in [-0.1, -0.05) is 56.3 Å². The van der Waals surface area contributed by atoms with Crippen molar-refractivity contribution in [2.24, 2.45) is 17.6 Å². The Bertz CT molecular complexity index is 592. The maximum atomic E-state index is 6.54. The van der Waals surface area contributed by atoms with Gasteiger partial charge in [-0.05, 0) is 34.6 Å². The molecule has 2 aromatic rings. The van der Waals surface area contributed by atoms with Crippen LogP contribution < -0.4 is 5.73 Å². The van der Waals surface area contributed by atoms with E-state index < -0.39 is 0 Å². The zero-order valence-electron chi connectivity index (χ0n) is 13.1. The first-order chi connectivity index (χ1) is 10.1. The molecule has 1 heterocycles. The van der Waals surface area contributed by atoms with Crippen LogP contribution in [0.4, 0.5) is 0 Å². The molecule has 2 aromatic carbocycles. The molecule has 0 aromatic heterocycles. The van der Waals surface area contributed by atoms with Gasteiger partial charge in [0.1, 0.15) is 0 Å². The molecule has 0 aliphatic carbocycles. The highest BCUT2D eigenvalue weighted by atomic mass is 15.1.